The van der Waals surface area contributed by atoms with E-state index in [1.54, 1.807) is 36.1 Å². The van der Waals surface area contributed by atoms with Crippen LogP contribution in [-0.4, -0.2) is 29.9 Å². The average molecular weight is 375 g/mol. The number of carbonyl (C=O) groups excluding carboxylic acids is 2. The lowest BCUT2D eigenvalue weighted by Crippen LogP contribution is -2.34. The zero-order valence-electron chi connectivity index (χ0n) is 15.6. The molecule has 144 valence electrons. The van der Waals surface area contributed by atoms with Crippen LogP contribution in [0.2, 0.25) is 0 Å². The molecule has 0 aliphatic rings. The van der Waals surface area contributed by atoms with Crippen molar-refractivity contribution < 1.29 is 18.4 Å². The fourth-order valence-electron chi connectivity index (χ4n) is 2.62. The summed E-state index contributed by atoms with van der Waals surface area (Å²) in [6.45, 7) is 6.80. The van der Waals surface area contributed by atoms with Crippen LogP contribution in [0.25, 0.3) is 0 Å². The van der Waals surface area contributed by atoms with Crippen molar-refractivity contribution in [2.45, 2.75) is 26.8 Å². The van der Waals surface area contributed by atoms with Gasteiger partial charge in [-0.2, -0.15) is 0 Å². The van der Waals surface area contributed by atoms with Crippen molar-refractivity contribution in [2.24, 2.45) is 0 Å². The Kier molecular flexibility index (Phi) is 6.87. The summed E-state index contributed by atoms with van der Waals surface area (Å²) in [5.41, 5.74) is 1.35. The van der Waals surface area contributed by atoms with Gasteiger partial charge in [0.25, 0.3) is 5.91 Å². The molecular weight excluding hydrogens is 352 g/mol. The van der Waals surface area contributed by atoms with E-state index in [1.807, 2.05) is 13.8 Å². The highest BCUT2D eigenvalue weighted by Gasteiger charge is 2.14. The van der Waals surface area contributed by atoms with Crippen molar-refractivity contribution in [3.63, 3.8) is 0 Å². The van der Waals surface area contributed by atoms with E-state index < -0.39 is 17.5 Å². The molecule has 27 heavy (non-hydrogen) atoms. The maximum Gasteiger partial charge on any atom is 0.321 e. The van der Waals surface area contributed by atoms with E-state index in [0.29, 0.717) is 24.8 Å². The first-order valence-corrected chi connectivity index (χ1v) is 8.76. The van der Waals surface area contributed by atoms with Gasteiger partial charge in [0, 0.05) is 30.4 Å². The van der Waals surface area contributed by atoms with Crippen LogP contribution in [0.15, 0.2) is 42.5 Å². The average Bonchev–Trinajstić information content (AvgIpc) is 2.62. The second kappa shape index (κ2) is 9.12. The topological polar surface area (TPSA) is 61.4 Å². The SMILES string of the molecule is CCN(CC)C(=O)Nc1ccc(C(C)NC(=O)c2cc(F)cc(F)c2)cc1. The van der Waals surface area contributed by atoms with E-state index in [9.17, 15) is 18.4 Å². The number of rotatable bonds is 6. The van der Waals surface area contributed by atoms with Crippen LogP contribution >= 0.6 is 0 Å². The van der Waals surface area contributed by atoms with Crippen molar-refractivity contribution >= 4 is 17.6 Å². The van der Waals surface area contributed by atoms with E-state index in [2.05, 4.69) is 10.6 Å². The molecule has 0 aliphatic heterocycles. The summed E-state index contributed by atoms with van der Waals surface area (Å²) in [6.07, 6.45) is 0. The molecule has 2 rings (SSSR count). The molecule has 5 nitrogen and oxygen atoms in total. The standard InChI is InChI=1S/C20H23F2N3O2/c1-4-25(5-2)20(27)24-18-8-6-14(7-9-18)13(3)23-19(26)15-10-16(21)12-17(22)11-15/h6-13H,4-5H2,1-3H3,(H,23,26)(H,24,27). The zero-order valence-corrected chi connectivity index (χ0v) is 15.6. The molecule has 0 heterocycles. The third-order valence-electron chi connectivity index (χ3n) is 4.18. The zero-order chi connectivity index (χ0) is 20.0. The molecule has 3 amide bonds. The Morgan fingerprint density at radius 2 is 1.56 bits per heavy atom. The summed E-state index contributed by atoms with van der Waals surface area (Å²) in [6, 6.07) is 9.14. The van der Waals surface area contributed by atoms with E-state index >= 15 is 0 Å². The number of amides is 3. The molecule has 0 fully saturated rings. The summed E-state index contributed by atoms with van der Waals surface area (Å²) in [7, 11) is 0. The van der Waals surface area contributed by atoms with E-state index in [4.69, 9.17) is 0 Å². The first-order valence-electron chi connectivity index (χ1n) is 8.76. The highest BCUT2D eigenvalue weighted by Crippen LogP contribution is 2.17. The van der Waals surface area contributed by atoms with E-state index in [-0.39, 0.29) is 17.6 Å². The summed E-state index contributed by atoms with van der Waals surface area (Å²) in [4.78, 5) is 25.9. The van der Waals surface area contributed by atoms with E-state index in [1.165, 1.54) is 0 Å². The van der Waals surface area contributed by atoms with Gasteiger partial charge < -0.3 is 15.5 Å². The number of halogens is 2. The Morgan fingerprint density at radius 1 is 1.00 bits per heavy atom. The molecular formula is C20H23F2N3O2. The van der Waals surface area contributed by atoms with Crippen LogP contribution < -0.4 is 10.6 Å². The van der Waals surface area contributed by atoms with Crippen LogP contribution in [0.4, 0.5) is 19.3 Å². The van der Waals surface area contributed by atoms with Gasteiger partial charge >= 0.3 is 6.03 Å². The molecule has 1 unspecified atom stereocenters. The summed E-state index contributed by atoms with van der Waals surface area (Å²) < 4.78 is 26.5. The number of hydrogen-bond donors (Lipinski definition) is 2. The molecule has 0 radical (unpaired) electrons. The Bertz CT molecular complexity index is 785. The molecule has 7 heteroatoms. The molecule has 2 aromatic carbocycles. The van der Waals surface area contributed by atoms with Crippen LogP contribution in [0.1, 0.15) is 42.7 Å². The Balaban J connectivity index is 2.01. The monoisotopic (exact) mass is 375 g/mol. The van der Waals surface area contributed by atoms with Crippen molar-refractivity contribution in [2.75, 3.05) is 18.4 Å². The molecule has 0 spiro atoms. The smallest absolute Gasteiger partial charge is 0.321 e. The van der Waals surface area contributed by atoms with Gasteiger partial charge in [0.1, 0.15) is 11.6 Å². The Morgan fingerprint density at radius 3 is 2.07 bits per heavy atom. The maximum atomic E-state index is 13.2. The van der Waals surface area contributed by atoms with Gasteiger partial charge in [0.15, 0.2) is 0 Å². The van der Waals surface area contributed by atoms with Crippen LogP contribution in [0, 0.1) is 11.6 Å². The predicted octanol–water partition coefficient (Wildman–Crippen LogP) is 4.33. The van der Waals surface area contributed by atoms with Crippen molar-refractivity contribution in [1.82, 2.24) is 10.2 Å². The lowest BCUT2D eigenvalue weighted by molar-refractivity contribution is 0.0939. The summed E-state index contributed by atoms with van der Waals surface area (Å²) in [5.74, 6) is -2.18. The third-order valence-corrected chi connectivity index (χ3v) is 4.18. The van der Waals surface area contributed by atoms with Crippen LogP contribution in [0.5, 0.6) is 0 Å². The lowest BCUT2D eigenvalue weighted by Gasteiger charge is -2.19. The third kappa shape index (κ3) is 5.51. The van der Waals surface area contributed by atoms with Gasteiger partial charge in [-0.25, -0.2) is 13.6 Å². The molecule has 1 atom stereocenters. The maximum absolute atomic E-state index is 13.2. The number of urea groups is 1. The summed E-state index contributed by atoms with van der Waals surface area (Å²) in [5, 5.41) is 5.50. The molecule has 0 bridgehead atoms. The van der Waals surface area contributed by atoms with Gasteiger partial charge in [-0.05, 0) is 50.6 Å². The van der Waals surface area contributed by atoms with Gasteiger partial charge in [-0.3, -0.25) is 4.79 Å². The van der Waals surface area contributed by atoms with Gasteiger partial charge in [0.05, 0.1) is 6.04 Å². The number of benzene rings is 2. The Hall–Kier alpha value is -2.96. The first-order chi connectivity index (χ1) is 12.8. The minimum Gasteiger partial charge on any atom is -0.346 e. The van der Waals surface area contributed by atoms with E-state index in [0.717, 1.165) is 17.7 Å². The predicted molar refractivity (Wildman–Crippen MR) is 101 cm³/mol. The number of nitrogens with one attached hydrogen (secondary N) is 2. The summed E-state index contributed by atoms with van der Waals surface area (Å²) >= 11 is 0. The van der Waals surface area contributed by atoms with Gasteiger partial charge in [0.2, 0.25) is 0 Å². The Labute approximate surface area is 157 Å². The quantitative estimate of drug-likeness (QED) is 0.789. The first kappa shape index (κ1) is 20.4. The minimum absolute atomic E-state index is 0.0811. The molecule has 2 aromatic rings. The molecule has 0 saturated carbocycles. The molecule has 0 saturated heterocycles. The molecule has 0 aromatic heterocycles. The number of carbonyl (C=O) groups is 2. The van der Waals surface area contributed by atoms with Crippen molar-refractivity contribution in [1.29, 1.82) is 0 Å². The van der Waals surface area contributed by atoms with Gasteiger partial charge in [-0.1, -0.05) is 12.1 Å². The van der Waals surface area contributed by atoms with Crippen LogP contribution in [-0.2, 0) is 0 Å². The highest BCUT2D eigenvalue weighted by atomic mass is 19.1. The molecule has 0 aliphatic carbocycles. The number of anilines is 1. The van der Waals surface area contributed by atoms with Crippen LogP contribution in [0.3, 0.4) is 0 Å². The van der Waals surface area contributed by atoms with Gasteiger partial charge in [-0.15, -0.1) is 0 Å². The molecule has 2 N–H and O–H groups in total. The normalized spacial score (nSPS) is 11.6. The minimum atomic E-state index is -0.805. The van der Waals surface area contributed by atoms with Crippen molar-refractivity contribution in [3.8, 4) is 0 Å². The second-order valence-electron chi connectivity index (χ2n) is 6.08. The fraction of sp³-hybridized carbons (Fsp3) is 0.300. The second-order valence-corrected chi connectivity index (χ2v) is 6.08. The highest BCUT2D eigenvalue weighted by molar-refractivity contribution is 5.94. The largest absolute Gasteiger partial charge is 0.346 e. The number of hydrogen-bond acceptors (Lipinski definition) is 2. The number of nitrogens with zero attached hydrogens (tertiary/aromatic N) is 1. The lowest BCUT2D eigenvalue weighted by atomic mass is 10.1. The fourth-order valence-corrected chi connectivity index (χ4v) is 2.62. The van der Waals surface area contributed by atoms with Crippen molar-refractivity contribution in [3.05, 3.63) is 65.2 Å².